The van der Waals surface area contributed by atoms with Crippen LogP contribution in [-0.4, -0.2) is 21.9 Å². The summed E-state index contributed by atoms with van der Waals surface area (Å²) in [7, 11) is 0. The Kier molecular flexibility index (Phi) is 4.80. The van der Waals surface area contributed by atoms with Crippen LogP contribution in [0.5, 0.6) is 0 Å². The second kappa shape index (κ2) is 6.43. The van der Waals surface area contributed by atoms with Gasteiger partial charge in [0, 0.05) is 23.4 Å². The van der Waals surface area contributed by atoms with Gasteiger partial charge in [-0.2, -0.15) is 0 Å². The maximum absolute atomic E-state index is 11.4. The molecule has 22 heavy (non-hydrogen) atoms. The molecular formula is C14H15BrN2O5. The van der Waals surface area contributed by atoms with Crippen molar-refractivity contribution in [3.05, 3.63) is 31.8 Å². The number of nitro benzene ring substituents is 1. The van der Waals surface area contributed by atoms with Crippen LogP contribution in [0.25, 0.3) is 0 Å². The van der Waals surface area contributed by atoms with Crippen LogP contribution >= 0.6 is 15.9 Å². The first-order valence-corrected chi connectivity index (χ1v) is 7.59. The molecule has 0 saturated carbocycles. The van der Waals surface area contributed by atoms with Crippen molar-refractivity contribution in [1.29, 1.82) is 0 Å². The van der Waals surface area contributed by atoms with Crippen LogP contribution in [-0.2, 0) is 16.0 Å². The summed E-state index contributed by atoms with van der Waals surface area (Å²) in [4.78, 5) is 32.9. The lowest BCUT2D eigenvalue weighted by Gasteiger charge is -2.14. The van der Waals surface area contributed by atoms with Gasteiger partial charge in [-0.3, -0.25) is 19.7 Å². The van der Waals surface area contributed by atoms with Gasteiger partial charge in [0.05, 0.1) is 4.92 Å². The number of aliphatic carboxylic acids is 1. The van der Waals surface area contributed by atoms with Crippen molar-refractivity contribution in [2.24, 2.45) is 0 Å². The van der Waals surface area contributed by atoms with Crippen molar-refractivity contribution < 1.29 is 19.6 Å². The molecule has 0 radical (unpaired) electrons. The fourth-order valence-electron chi connectivity index (χ4n) is 2.89. The van der Waals surface area contributed by atoms with Gasteiger partial charge in [0.1, 0.15) is 5.69 Å². The van der Waals surface area contributed by atoms with Crippen LogP contribution < -0.4 is 5.32 Å². The minimum absolute atomic E-state index is 0.00696. The number of rotatable bonds is 5. The summed E-state index contributed by atoms with van der Waals surface area (Å²) >= 11 is 3.27. The summed E-state index contributed by atoms with van der Waals surface area (Å²) < 4.78 is 0.440. The molecule has 8 heteroatoms. The maximum Gasteiger partial charge on any atom is 0.303 e. The second-order valence-corrected chi connectivity index (χ2v) is 6.11. The lowest BCUT2D eigenvalue weighted by Crippen LogP contribution is -2.10. The zero-order valence-electron chi connectivity index (χ0n) is 11.9. The zero-order valence-corrected chi connectivity index (χ0v) is 13.5. The molecule has 0 heterocycles. The molecule has 1 aromatic carbocycles. The summed E-state index contributed by atoms with van der Waals surface area (Å²) in [5, 5.41) is 22.7. The number of nitrogens with one attached hydrogen (secondary N) is 1. The number of carbonyl (C=O) groups is 2. The van der Waals surface area contributed by atoms with Crippen LogP contribution in [0.1, 0.15) is 43.2 Å². The normalized spacial score (nSPS) is 16.2. The van der Waals surface area contributed by atoms with E-state index in [9.17, 15) is 19.7 Å². The average Bonchev–Trinajstić information content (AvgIpc) is 2.78. The molecule has 1 amide bonds. The van der Waals surface area contributed by atoms with Crippen LogP contribution in [0, 0.1) is 10.1 Å². The van der Waals surface area contributed by atoms with E-state index < -0.39 is 10.9 Å². The number of carboxylic acids is 1. The first-order chi connectivity index (χ1) is 10.3. The van der Waals surface area contributed by atoms with Gasteiger partial charge < -0.3 is 10.4 Å². The molecule has 0 fully saturated rings. The zero-order chi connectivity index (χ0) is 16.4. The van der Waals surface area contributed by atoms with Crippen molar-refractivity contribution in [3.8, 4) is 0 Å². The van der Waals surface area contributed by atoms with Gasteiger partial charge in [0.2, 0.25) is 5.91 Å². The van der Waals surface area contributed by atoms with Crippen LogP contribution in [0.3, 0.4) is 0 Å². The van der Waals surface area contributed by atoms with Crippen LogP contribution in [0.4, 0.5) is 11.4 Å². The summed E-state index contributed by atoms with van der Waals surface area (Å²) in [5.41, 5.74) is 1.45. The van der Waals surface area contributed by atoms with Crippen molar-refractivity contribution in [2.75, 3.05) is 5.32 Å². The quantitative estimate of drug-likeness (QED) is 0.610. The molecule has 0 bridgehead atoms. The van der Waals surface area contributed by atoms with Crippen molar-refractivity contribution in [2.45, 2.75) is 38.5 Å². The molecule has 2 rings (SSSR count). The van der Waals surface area contributed by atoms with Gasteiger partial charge in [-0.25, -0.2) is 0 Å². The third-order valence-corrected chi connectivity index (χ3v) is 4.39. The Balaban J connectivity index is 2.47. The average molecular weight is 371 g/mol. The number of hydrogen-bond acceptors (Lipinski definition) is 4. The predicted molar refractivity (Wildman–Crippen MR) is 83.0 cm³/mol. The number of amides is 1. The van der Waals surface area contributed by atoms with E-state index in [0.29, 0.717) is 29.3 Å². The molecule has 1 aromatic rings. The number of nitro groups is 1. The number of carbonyl (C=O) groups excluding carboxylic acids is 1. The first-order valence-electron chi connectivity index (χ1n) is 6.80. The number of benzene rings is 1. The number of carboxylic acid groups (broad SMARTS) is 1. The van der Waals surface area contributed by atoms with Gasteiger partial charge in [-0.1, -0.05) is 0 Å². The smallest absolute Gasteiger partial charge is 0.303 e. The van der Waals surface area contributed by atoms with E-state index in [1.807, 2.05) is 0 Å². The summed E-state index contributed by atoms with van der Waals surface area (Å²) in [6.07, 6.45) is 1.67. The molecule has 2 N–H and O–H groups in total. The number of anilines is 1. The van der Waals surface area contributed by atoms with Crippen molar-refractivity contribution >= 4 is 39.2 Å². The minimum atomic E-state index is -0.878. The predicted octanol–water partition coefficient (Wildman–Crippen LogP) is 3.21. The second-order valence-electron chi connectivity index (χ2n) is 5.26. The minimum Gasteiger partial charge on any atom is -0.481 e. The SMILES string of the molecule is CC(=O)Nc1c(Br)cc2c(c1[N+](=O)[O-])CCC2CCC(=O)O. The Labute approximate surface area is 135 Å². The highest BCUT2D eigenvalue weighted by Crippen LogP contribution is 2.47. The fraction of sp³-hybridized carbons (Fsp3) is 0.429. The van der Waals surface area contributed by atoms with E-state index in [4.69, 9.17) is 5.11 Å². The van der Waals surface area contributed by atoms with E-state index in [1.54, 1.807) is 6.07 Å². The monoisotopic (exact) mass is 370 g/mol. The Morgan fingerprint density at radius 2 is 2.23 bits per heavy atom. The first kappa shape index (κ1) is 16.4. The molecule has 7 nitrogen and oxygen atoms in total. The highest BCUT2D eigenvalue weighted by Gasteiger charge is 2.33. The van der Waals surface area contributed by atoms with Crippen molar-refractivity contribution in [3.63, 3.8) is 0 Å². The molecule has 118 valence electrons. The van der Waals surface area contributed by atoms with E-state index in [0.717, 1.165) is 5.56 Å². The Morgan fingerprint density at radius 1 is 1.55 bits per heavy atom. The highest BCUT2D eigenvalue weighted by molar-refractivity contribution is 9.10. The number of nitrogens with zero attached hydrogens (tertiary/aromatic N) is 1. The molecule has 0 spiro atoms. The highest BCUT2D eigenvalue weighted by atomic mass is 79.9. The fourth-order valence-corrected chi connectivity index (χ4v) is 3.43. The van der Waals surface area contributed by atoms with E-state index in [2.05, 4.69) is 21.2 Å². The maximum atomic E-state index is 11.4. The molecule has 1 atom stereocenters. The van der Waals surface area contributed by atoms with Crippen molar-refractivity contribution in [1.82, 2.24) is 0 Å². The van der Waals surface area contributed by atoms with E-state index >= 15 is 0 Å². The summed E-state index contributed by atoms with van der Waals surface area (Å²) in [6, 6.07) is 1.76. The van der Waals surface area contributed by atoms with E-state index in [-0.39, 0.29) is 29.6 Å². The molecule has 0 saturated heterocycles. The molecule has 1 aliphatic rings. The van der Waals surface area contributed by atoms with Gasteiger partial charge >= 0.3 is 5.97 Å². The third-order valence-electron chi connectivity index (χ3n) is 3.77. The molecule has 0 aliphatic heterocycles. The van der Waals surface area contributed by atoms with Gasteiger partial charge in [0.15, 0.2) is 0 Å². The van der Waals surface area contributed by atoms with E-state index in [1.165, 1.54) is 6.92 Å². The summed E-state index contributed by atoms with van der Waals surface area (Å²) in [6.45, 7) is 1.29. The standard InChI is InChI=1S/C14H15BrN2O5/c1-7(18)16-13-11(15)6-10-8(3-5-12(19)20)2-4-9(10)14(13)17(21)22/h6,8H,2-5H2,1H3,(H,16,18)(H,19,20). The number of fused-ring (bicyclic) bond motifs is 1. The summed E-state index contributed by atoms with van der Waals surface area (Å²) in [5.74, 6) is -1.27. The Bertz CT molecular complexity index is 659. The lowest BCUT2D eigenvalue weighted by molar-refractivity contribution is -0.384. The third kappa shape index (κ3) is 3.27. The van der Waals surface area contributed by atoms with Crippen LogP contribution in [0.2, 0.25) is 0 Å². The molecule has 1 unspecified atom stereocenters. The molecule has 0 aromatic heterocycles. The molecular weight excluding hydrogens is 356 g/mol. The van der Waals surface area contributed by atoms with Gasteiger partial charge in [0.25, 0.3) is 5.69 Å². The Morgan fingerprint density at radius 3 is 2.77 bits per heavy atom. The topological polar surface area (TPSA) is 110 Å². The largest absolute Gasteiger partial charge is 0.481 e. The van der Waals surface area contributed by atoms with Crippen LogP contribution in [0.15, 0.2) is 10.5 Å². The number of halogens is 1. The Hall–Kier alpha value is -1.96. The number of hydrogen-bond donors (Lipinski definition) is 2. The van der Waals surface area contributed by atoms with Gasteiger partial charge in [-0.05, 0) is 52.7 Å². The molecule has 1 aliphatic carbocycles. The lowest BCUT2D eigenvalue weighted by atomic mass is 9.95. The van der Waals surface area contributed by atoms with Gasteiger partial charge in [-0.15, -0.1) is 0 Å².